The lowest BCUT2D eigenvalue weighted by atomic mass is 10.0. The van der Waals surface area contributed by atoms with Crippen molar-refractivity contribution < 1.29 is 28.6 Å². The summed E-state index contributed by atoms with van der Waals surface area (Å²) >= 11 is 0. The lowest BCUT2D eigenvalue weighted by molar-refractivity contribution is -0.133. The van der Waals surface area contributed by atoms with Crippen molar-refractivity contribution in [3.05, 3.63) is 70.5 Å². The van der Waals surface area contributed by atoms with E-state index in [1.807, 2.05) is 50.2 Å². The normalized spacial score (nSPS) is 15.6. The molecule has 3 rings (SSSR count). The average molecular weight is 425 g/mol. The molecule has 1 aliphatic rings. The van der Waals surface area contributed by atoms with Crippen LogP contribution in [0.15, 0.2) is 47.8 Å². The highest BCUT2D eigenvalue weighted by atomic mass is 16.7. The number of aryl methyl sites for hydroxylation is 2. The van der Waals surface area contributed by atoms with E-state index in [-0.39, 0.29) is 12.7 Å². The second-order valence-corrected chi connectivity index (χ2v) is 7.16. The van der Waals surface area contributed by atoms with Gasteiger partial charge in [0.05, 0.1) is 33.3 Å². The van der Waals surface area contributed by atoms with Gasteiger partial charge in [0.1, 0.15) is 30.6 Å². The number of esters is 1. The number of epoxide rings is 1. The molecule has 7 nitrogen and oxygen atoms in total. The van der Waals surface area contributed by atoms with Gasteiger partial charge in [-0.05, 0) is 53.8 Å². The summed E-state index contributed by atoms with van der Waals surface area (Å²) in [4.78, 5) is 17.4. The lowest BCUT2D eigenvalue weighted by Crippen LogP contribution is -2.08. The molecule has 1 fully saturated rings. The maximum absolute atomic E-state index is 12.2. The number of ether oxygens (including phenoxy) is 4. The van der Waals surface area contributed by atoms with Crippen LogP contribution in [-0.2, 0) is 30.4 Å². The highest BCUT2D eigenvalue weighted by Crippen LogP contribution is 2.26. The van der Waals surface area contributed by atoms with Crippen LogP contribution >= 0.6 is 0 Å². The van der Waals surface area contributed by atoms with Crippen LogP contribution in [0.25, 0.3) is 5.57 Å². The van der Waals surface area contributed by atoms with Crippen LogP contribution in [0.3, 0.4) is 0 Å². The fraction of sp³-hybridized carbons (Fsp3) is 0.333. The number of carbonyl (C=O) groups is 1. The molecule has 31 heavy (non-hydrogen) atoms. The number of benzene rings is 2. The molecule has 164 valence electrons. The van der Waals surface area contributed by atoms with Gasteiger partial charge in [-0.3, -0.25) is 0 Å². The summed E-state index contributed by atoms with van der Waals surface area (Å²) in [5, 5.41) is 4.01. The van der Waals surface area contributed by atoms with Crippen LogP contribution in [-0.4, -0.2) is 45.7 Å². The van der Waals surface area contributed by atoms with Gasteiger partial charge in [-0.1, -0.05) is 29.4 Å². The molecule has 0 aliphatic carbocycles. The molecule has 2 aromatic carbocycles. The highest BCUT2D eigenvalue weighted by Gasteiger charge is 2.23. The fourth-order valence-corrected chi connectivity index (χ4v) is 3.00. The van der Waals surface area contributed by atoms with Crippen molar-refractivity contribution in [2.75, 3.05) is 27.4 Å². The number of nitrogens with zero attached hydrogens (tertiary/aromatic N) is 1. The zero-order chi connectivity index (χ0) is 22.2. The second-order valence-electron chi connectivity index (χ2n) is 7.16. The topological polar surface area (TPSA) is 78.9 Å². The molecule has 0 aromatic heterocycles. The van der Waals surface area contributed by atoms with E-state index in [0.717, 1.165) is 34.6 Å². The van der Waals surface area contributed by atoms with Crippen LogP contribution in [0.4, 0.5) is 0 Å². The first-order chi connectivity index (χ1) is 15.0. The predicted molar refractivity (Wildman–Crippen MR) is 117 cm³/mol. The van der Waals surface area contributed by atoms with Gasteiger partial charge in [0, 0.05) is 0 Å². The Hall–Kier alpha value is -3.32. The summed E-state index contributed by atoms with van der Waals surface area (Å²) in [6, 6.07) is 11.5. The van der Waals surface area contributed by atoms with Gasteiger partial charge >= 0.3 is 5.97 Å². The summed E-state index contributed by atoms with van der Waals surface area (Å²) in [7, 11) is 2.83. The third-order valence-electron chi connectivity index (χ3n) is 4.82. The van der Waals surface area contributed by atoms with E-state index >= 15 is 0 Å². The molecule has 0 radical (unpaired) electrons. The molecule has 1 saturated heterocycles. The van der Waals surface area contributed by atoms with Crippen molar-refractivity contribution in [3.8, 4) is 5.75 Å². The van der Waals surface area contributed by atoms with Gasteiger partial charge in [-0.15, -0.1) is 0 Å². The summed E-state index contributed by atoms with van der Waals surface area (Å²) in [5.41, 5.74) is 4.81. The number of rotatable bonds is 10. The van der Waals surface area contributed by atoms with E-state index in [0.29, 0.717) is 17.7 Å². The number of carbonyl (C=O) groups excluding carboxylic acids is 1. The van der Waals surface area contributed by atoms with Gasteiger partial charge in [0.25, 0.3) is 0 Å². The zero-order valence-electron chi connectivity index (χ0n) is 18.2. The Balaban J connectivity index is 1.73. The number of oxime groups is 1. The molecule has 1 aliphatic heterocycles. The first kappa shape index (κ1) is 22.4. The van der Waals surface area contributed by atoms with Gasteiger partial charge in [-0.25, -0.2) is 4.79 Å². The first-order valence-corrected chi connectivity index (χ1v) is 9.94. The fourth-order valence-electron chi connectivity index (χ4n) is 3.00. The Kier molecular flexibility index (Phi) is 7.67. The molecular weight excluding hydrogens is 398 g/mol. The average Bonchev–Trinajstić information content (AvgIpc) is 3.60. The maximum atomic E-state index is 12.2. The molecule has 0 bridgehead atoms. The number of methoxy groups -OCH3 is 2. The van der Waals surface area contributed by atoms with Crippen molar-refractivity contribution >= 4 is 17.8 Å². The smallest absolute Gasteiger partial charge is 0.341 e. The molecule has 2 aromatic rings. The predicted octanol–water partition coefficient (Wildman–Crippen LogP) is 3.79. The van der Waals surface area contributed by atoms with Crippen LogP contribution in [0, 0.1) is 13.8 Å². The molecule has 0 N–H and O–H groups in total. The largest absolute Gasteiger partial charge is 0.503 e. The molecule has 7 heteroatoms. The van der Waals surface area contributed by atoms with Gasteiger partial charge in [-0.2, -0.15) is 0 Å². The van der Waals surface area contributed by atoms with E-state index in [1.165, 1.54) is 20.5 Å². The SMILES string of the molecule is COC=C(C(=O)OC)c1ccccc1COc1cc(C)c(C=NOCC2CO2)cc1C. The van der Waals surface area contributed by atoms with E-state index in [2.05, 4.69) is 5.16 Å². The van der Waals surface area contributed by atoms with Crippen LogP contribution in [0.5, 0.6) is 5.75 Å². The first-order valence-electron chi connectivity index (χ1n) is 9.94. The van der Waals surface area contributed by atoms with Crippen molar-refractivity contribution in [1.82, 2.24) is 0 Å². The summed E-state index contributed by atoms with van der Waals surface area (Å²) in [6.45, 7) is 5.46. The summed E-state index contributed by atoms with van der Waals surface area (Å²) < 4.78 is 21.1. The van der Waals surface area contributed by atoms with E-state index < -0.39 is 5.97 Å². The van der Waals surface area contributed by atoms with E-state index in [1.54, 1.807) is 6.21 Å². The Morgan fingerprint density at radius 3 is 2.68 bits per heavy atom. The van der Waals surface area contributed by atoms with Crippen LogP contribution < -0.4 is 4.74 Å². The Bertz CT molecular complexity index is 978. The quantitative estimate of drug-likeness (QED) is 0.144. The van der Waals surface area contributed by atoms with Crippen molar-refractivity contribution in [1.29, 1.82) is 0 Å². The summed E-state index contributed by atoms with van der Waals surface area (Å²) in [5.74, 6) is 0.285. The van der Waals surface area contributed by atoms with Crippen LogP contribution in [0.2, 0.25) is 0 Å². The van der Waals surface area contributed by atoms with Gasteiger partial charge < -0.3 is 23.8 Å². The number of hydrogen-bond acceptors (Lipinski definition) is 7. The maximum Gasteiger partial charge on any atom is 0.341 e. The standard InChI is InChI=1S/C24H27NO6/c1-16-10-23(17(2)9-19(16)11-25-31-14-20-13-29-20)30-12-18-7-5-6-8-21(18)22(15-27-3)24(26)28-4/h5-11,15,20H,12-14H2,1-4H3. The minimum absolute atomic E-state index is 0.178. The zero-order valence-corrected chi connectivity index (χ0v) is 18.2. The van der Waals surface area contributed by atoms with Gasteiger partial charge in [0.15, 0.2) is 0 Å². The molecule has 1 unspecified atom stereocenters. The van der Waals surface area contributed by atoms with Gasteiger partial charge in [0.2, 0.25) is 0 Å². The molecule has 1 heterocycles. The second kappa shape index (κ2) is 10.6. The molecule has 0 spiro atoms. The monoisotopic (exact) mass is 425 g/mol. The Morgan fingerprint density at radius 1 is 1.19 bits per heavy atom. The molecule has 1 atom stereocenters. The minimum atomic E-state index is -0.472. The Morgan fingerprint density at radius 2 is 1.97 bits per heavy atom. The van der Waals surface area contributed by atoms with Crippen LogP contribution in [0.1, 0.15) is 27.8 Å². The van der Waals surface area contributed by atoms with E-state index in [9.17, 15) is 4.79 Å². The summed E-state index contributed by atoms with van der Waals surface area (Å²) in [6.07, 6.45) is 3.25. The van der Waals surface area contributed by atoms with E-state index in [4.69, 9.17) is 23.8 Å². The van der Waals surface area contributed by atoms with Crippen molar-refractivity contribution in [2.24, 2.45) is 5.16 Å². The molecule has 0 saturated carbocycles. The van der Waals surface area contributed by atoms with Crippen molar-refractivity contribution in [2.45, 2.75) is 26.6 Å². The lowest BCUT2D eigenvalue weighted by Gasteiger charge is -2.15. The third-order valence-corrected chi connectivity index (χ3v) is 4.82. The minimum Gasteiger partial charge on any atom is -0.503 e. The molecule has 0 amide bonds. The Labute approximate surface area is 182 Å². The molecular formula is C24H27NO6. The third kappa shape index (κ3) is 6.08. The highest BCUT2D eigenvalue weighted by molar-refractivity contribution is 6.16. The number of hydrogen-bond donors (Lipinski definition) is 0. The van der Waals surface area contributed by atoms with Crippen molar-refractivity contribution in [3.63, 3.8) is 0 Å².